The molecule has 1 aliphatic rings. The van der Waals surface area contributed by atoms with Crippen molar-refractivity contribution < 1.29 is 28.9 Å². The minimum absolute atomic E-state index is 0.198. The molecule has 10 heteroatoms. The van der Waals surface area contributed by atoms with E-state index in [9.17, 15) is 9.59 Å². The van der Waals surface area contributed by atoms with E-state index in [-0.39, 0.29) is 17.5 Å². The molecule has 3 aromatic carbocycles. The van der Waals surface area contributed by atoms with Gasteiger partial charge in [-0.3, -0.25) is 4.79 Å². The Morgan fingerprint density at radius 3 is 2.51 bits per heavy atom. The van der Waals surface area contributed by atoms with Crippen LogP contribution in [0.15, 0.2) is 59.1 Å². The fourth-order valence-corrected chi connectivity index (χ4v) is 4.74. The van der Waals surface area contributed by atoms with Crippen molar-refractivity contribution in [3.63, 3.8) is 0 Å². The molecule has 1 aliphatic heterocycles. The maximum absolute atomic E-state index is 12.5. The van der Waals surface area contributed by atoms with Crippen LogP contribution in [0.3, 0.4) is 0 Å². The van der Waals surface area contributed by atoms with Gasteiger partial charge in [0.25, 0.3) is 5.91 Å². The van der Waals surface area contributed by atoms with Gasteiger partial charge in [-0.2, -0.15) is 0 Å². The largest absolute Gasteiger partial charge is 0.506 e. The summed E-state index contributed by atoms with van der Waals surface area (Å²) in [6.07, 6.45) is -0.984. The summed E-state index contributed by atoms with van der Waals surface area (Å²) >= 11 is 15.8. The molecule has 7 nitrogen and oxygen atoms in total. The molecule has 35 heavy (non-hydrogen) atoms. The molecular weight excluding hydrogens is 561 g/mol. The van der Waals surface area contributed by atoms with E-state index in [1.54, 1.807) is 30.3 Å². The molecule has 3 aromatic rings. The highest BCUT2D eigenvalue weighted by Crippen LogP contribution is 2.49. The van der Waals surface area contributed by atoms with Crippen molar-refractivity contribution in [1.29, 1.82) is 0 Å². The molecule has 1 heterocycles. The Morgan fingerprint density at radius 2 is 1.83 bits per heavy atom. The first-order valence-corrected chi connectivity index (χ1v) is 12.2. The molecule has 0 saturated heterocycles. The molecule has 2 N–H and O–H groups in total. The predicted octanol–water partition coefficient (Wildman–Crippen LogP) is 7.04. The molecule has 0 spiro atoms. The van der Waals surface area contributed by atoms with Gasteiger partial charge < -0.3 is 24.6 Å². The van der Waals surface area contributed by atoms with E-state index in [2.05, 4.69) is 21.2 Å². The third-order valence-corrected chi connectivity index (χ3v) is 6.58. The van der Waals surface area contributed by atoms with Gasteiger partial charge in [0, 0.05) is 29.1 Å². The summed E-state index contributed by atoms with van der Waals surface area (Å²) in [6, 6.07) is 15.7. The molecule has 0 fully saturated rings. The van der Waals surface area contributed by atoms with Crippen molar-refractivity contribution >= 4 is 51.2 Å². The number of rotatable bonds is 7. The zero-order valence-corrected chi connectivity index (χ0v) is 21.3. The topological polar surface area (TPSA) is 94.1 Å². The van der Waals surface area contributed by atoms with Gasteiger partial charge in [0.15, 0.2) is 5.75 Å². The van der Waals surface area contributed by atoms with Gasteiger partial charge in [-0.25, -0.2) is 4.79 Å². The number of halogens is 3. The second-order valence-corrected chi connectivity index (χ2v) is 9.32. The van der Waals surface area contributed by atoms with Crippen molar-refractivity contribution in [2.75, 3.05) is 13.2 Å². The van der Waals surface area contributed by atoms with Gasteiger partial charge in [0.1, 0.15) is 22.1 Å². The zero-order valence-electron chi connectivity index (χ0n) is 18.2. The van der Waals surface area contributed by atoms with Crippen molar-refractivity contribution in [3.8, 4) is 17.2 Å². The van der Waals surface area contributed by atoms with Crippen LogP contribution in [0, 0.1) is 0 Å². The van der Waals surface area contributed by atoms with Crippen LogP contribution in [0.4, 0.5) is 4.79 Å². The first-order valence-electron chi connectivity index (χ1n) is 10.7. The number of nitrogens with one attached hydrogen (secondary N) is 1. The Balaban J connectivity index is 1.41. The Labute approximate surface area is 220 Å². The minimum atomic E-state index is -1.37. The summed E-state index contributed by atoms with van der Waals surface area (Å²) in [7, 11) is 0. The van der Waals surface area contributed by atoms with E-state index in [0.29, 0.717) is 57.3 Å². The van der Waals surface area contributed by atoms with E-state index in [4.69, 9.17) is 42.5 Å². The first kappa shape index (κ1) is 25.2. The second-order valence-electron chi connectivity index (χ2n) is 7.69. The summed E-state index contributed by atoms with van der Waals surface area (Å²) in [5.74, 6) is 0.982. The summed E-state index contributed by atoms with van der Waals surface area (Å²) in [6.45, 7) is 0.773. The Bertz CT molecular complexity index is 1230. The molecule has 0 bridgehead atoms. The monoisotopic (exact) mass is 579 g/mol. The summed E-state index contributed by atoms with van der Waals surface area (Å²) in [4.78, 5) is 23.5. The van der Waals surface area contributed by atoms with Gasteiger partial charge in [-0.1, -0.05) is 35.3 Å². The van der Waals surface area contributed by atoms with Crippen LogP contribution in [0.1, 0.15) is 34.0 Å². The smallest absolute Gasteiger partial charge is 0.492 e. The van der Waals surface area contributed by atoms with E-state index >= 15 is 0 Å². The third-order valence-electron chi connectivity index (χ3n) is 5.33. The van der Waals surface area contributed by atoms with Gasteiger partial charge >= 0.3 is 6.16 Å². The van der Waals surface area contributed by atoms with Crippen LogP contribution in [0.5, 0.6) is 17.2 Å². The normalized spacial score (nSPS) is 14.4. The number of carbonyl (C=O) groups excluding carboxylic acids is 1. The van der Waals surface area contributed by atoms with Crippen LogP contribution in [0.25, 0.3) is 0 Å². The minimum Gasteiger partial charge on any atom is -0.492 e. The number of hydrogen-bond donors (Lipinski definition) is 2. The van der Waals surface area contributed by atoms with Crippen molar-refractivity contribution in [1.82, 2.24) is 5.32 Å². The molecule has 0 radical (unpaired) electrons. The highest BCUT2D eigenvalue weighted by molar-refractivity contribution is 9.10. The number of fused-ring (bicyclic) bond motifs is 1. The third kappa shape index (κ3) is 6.20. The highest BCUT2D eigenvalue weighted by Gasteiger charge is 2.30. The maximum atomic E-state index is 12.5. The molecular formula is C25H20BrCl2NO6. The Kier molecular flexibility index (Phi) is 8.05. The molecule has 1 unspecified atom stereocenters. The number of carbonyl (C=O) groups is 2. The van der Waals surface area contributed by atoms with E-state index in [0.717, 1.165) is 5.56 Å². The van der Waals surface area contributed by atoms with Crippen molar-refractivity contribution in [2.45, 2.75) is 18.9 Å². The number of benzene rings is 3. The molecule has 0 aromatic heterocycles. The first-order chi connectivity index (χ1) is 16.8. The lowest BCUT2D eigenvalue weighted by atomic mass is 10.0. The maximum Gasteiger partial charge on any atom is 0.506 e. The number of ether oxygens (including phenoxy) is 3. The molecule has 1 amide bonds. The predicted molar refractivity (Wildman–Crippen MR) is 135 cm³/mol. The average molecular weight is 581 g/mol. The van der Waals surface area contributed by atoms with Crippen LogP contribution >= 0.6 is 39.1 Å². The van der Waals surface area contributed by atoms with Gasteiger partial charge in [-0.15, -0.1) is 0 Å². The fraction of sp³-hybridized carbons (Fsp3) is 0.200. The molecule has 1 atom stereocenters. The Morgan fingerprint density at radius 1 is 1.11 bits per heavy atom. The molecule has 0 saturated carbocycles. The fourth-order valence-electron chi connectivity index (χ4n) is 3.62. The highest BCUT2D eigenvalue weighted by atomic mass is 79.9. The summed E-state index contributed by atoms with van der Waals surface area (Å²) < 4.78 is 17.1. The Hall–Kier alpha value is -2.94. The lowest BCUT2D eigenvalue weighted by Gasteiger charge is -2.27. The van der Waals surface area contributed by atoms with E-state index in [1.165, 1.54) is 0 Å². The average Bonchev–Trinajstić information content (AvgIpc) is 2.83. The molecule has 0 aliphatic carbocycles. The van der Waals surface area contributed by atoms with E-state index in [1.807, 2.05) is 24.3 Å². The van der Waals surface area contributed by atoms with Gasteiger partial charge in [0.2, 0.25) is 0 Å². The summed E-state index contributed by atoms with van der Waals surface area (Å²) in [5, 5.41) is 12.8. The number of carboxylic acid groups (broad SMARTS) is 1. The van der Waals surface area contributed by atoms with Crippen LogP contribution in [-0.2, 0) is 11.2 Å². The lowest BCUT2D eigenvalue weighted by molar-refractivity contribution is 0.0324. The second kappa shape index (κ2) is 11.2. The van der Waals surface area contributed by atoms with Crippen LogP contribution in [-0.4, -0.2) is 30.3 Å². The summed E-state index contributed by atoms with van der Waals surface area (Å²) in [5.41, 5.74) is 2.09. The van der Waals surface area contributed by atoms with E-state index < -0.39 is 12.3 Å². The standard InChI is InChI=1S/C25H20BrCl2NO6/c26-21-22-18(20(10-12-33-22)35-25(31)32)13-19(28)23(21)34-17-7-3-15(4-8-17)24(30)29-11-9-14-1-5-16(27)6-2-14/h1-8,13,20H,9-12H2,(H,29,30)(H,31,32). The molecule has 182 valence electrons. The van der Waals surface area contributed by atoms with Crippen molar-refractivity contribution in [2.24, 2.45) is 0 Å². The number of hydrogen-bond acceptors (Lipinski definition) is 5. The number of amides is 1. The quantitative estimate of drug-likeness (QED) is 0.291. The SMILES string of the molecule is O=C(O)OC1CCOc2c1cc(Cl)c(Oc1ccc(C(=O)NCCc3ccc(Cl)cc3)cc1)c2Br. The lowest BCUT2D eigenvalue weighted by Crippen LogP contribution is -2.25. The van der Waals surface area contributed by atoms with Crippen LogP contribution in [0.2, 0.25) is 10.0 Å². The van der Waals surface area contributed by atoms with Crippen molar-refractivity contribution in [3.05, 3.63) is 85.8 Å². The van der Waals surface area contributed by atoms with Crippen LogP contribution < -0.4 is 14.8 Å². The van der Waals surface area contributed by atoms with Gasteiger partial charge in [0.05, 0.1) is 11.6 Å². The zero-order chi connectivity index (χ0) is 24.9. The molecule has 4 rings (SSSR count). The van der Waals surface area contributed by atoms with Gasteiger partial charge in [-0.05, 0) is 70.4 Å².